The minimum atomic E-state index is -0.477. The van der Waals surface area contributed by atoms with Gasteiger partial charge in [0.15, 0.2) is 0 Å². The quantitative estimate of drug-likeness (QED) is 0.547. The molecule has 3 atom stereocenters. The number of nitrogens with one attached hydrogen (secondary N) is 1. The molecule has 0 radical (unpaired) electrons. The van der Waals surface area contributed by atoms with Crippen LogP contribution in [0.4, 0.5) is 0 Å². The lowest BCUT2D eigenvalue weighted by Crippen LogP contribution is -2.41. The molecular weight excluding hydrogens is 310 g/mol. The first-order valence-corrected chi connectivity index (χ1v) is 8.71. The van der Waals surface area contributed by atoms with Crippen LogP contribution >= 0.6 is 0 Å². The van der Waals surface area contributed by atoms with E-state index in [-0.39, 0.29) is 17.9 Å². The standard InChI is InChI=1S/C22H27NO2/c1-4-17(2)20(16-15-18-11-7-5-8-12-18)23-21(22(24)25-3)19-13-9-6-10-14-19/h4-14,17,20-21,23H,1,15-16H2,2-3H3/t17-,20-,21+/m1/s1. The van der Waals surface area contributed by atoms with E-state index in [0.717, 1.165) is 18.4 Å². The van der Waals surface area contributed by atoms with Crippen molar-refractivity contribution in [3.05, 3.63) is 84.4 Å². The molecule has 0 heterocycles. The second-order valence-corrected chi connectivity index (χ2v) is 6.26. The smallest absolute Gasteiger partial charge is 0.327 e. The molecule has 3 nitrogen and oxygen atoms in total. The maximum Gasteiger partial charge on any atom is 0.327 e. The summed E-state index contributed by atoms with van der Waals surface area (Å²) in [6.07, 6.45) is 3.79. The van der Waals surface area contributed by atoms with Crippen LogP contribution in [0.5, 0.6) is 0 Å². The molecule has 0 spiro atoms. The molecule has 2 aromatic carbocycles. The molecule has 0 aromatic heterocycles. The summed E-state index contributed by atoms with van der Waals surface area (Å²) >= 11 is 0. The summed E-state index contributed by atoms with van der Waals surface area (Å²) in [5.74, 6) is -0.0354. The van der Waals surface area contributed by atoms with Crippen molar-refractivity contribution in [2.45, 2.75) is 31.8 Å². The molecule has 132 valence electrons. The Morgan fingerprint density at radius 3 is 2.28 bits per heavy atom. The molecule has 0 bridgehead atoms. The lowest BCUT2D eigenvalue weighted by molar-refractivity contribution is -0.143. The molecule has 2 aromatic rings. The second kappa shape index (κ2) is 9.80. The molecule has 1 N–H and O–H groups in total. The van der Waals surface area contributed by atoms with E-state index >= 15 is 0 Å². The molecule has 0 amide bonds. The Kier molecular flexibility index (Phi) is 7.42. The SMILES string of the molecule is C=C[C@@H](C)[C@@H](CCc1ccccc1)N[C@H](C(=O)OC)c1ccccc1. The van der Waals surface area contributed by atoms with Gasteiger partial charge in [0.1, 0.15) is 6.04 Å². The Morgan fingerprint density at radius 1 is 1.12 bits per heavy atom. The van der Waals surface area contributed by atoms with Gasteiger partial charge < -0.3 is 4.74 Å². The van der Waals surface area contributed by atoms with E-state index in [1.807, 2.05) is 42.5 Å². The van der Waals surface area contributed by atoms with Crippen LogP contribution in [0.3, 0.4) is 0 Å². The zero-order valence-electron chi connectivity index (χ0n) is 15.0. The Balaban J connectivity index is 2.14. The van der Waals surface area contributed by atoms with Crippen molar-refractivity contribution in [3.8, 4) is 0 Å². The van der Waals surface area contributed by atoms with Gasteiger partial charge in [0, 0.05) is 6.04 Å². The summed E-state index contributed by atoms with van der Waals surface area (Å²) < 4.78 is 5.02. The lowest BCUT2D eigenvalue weighted by atomic mass is 9.93. The van der Waals surface area contributed by atoms with Crippen molar-refractivity contribution in [1.82, 2.24) is 5.32 Å². The van der Waals surface area contributed by atoms with E-state index in [1.165, 1.54) is 12.7 Å². The van der Waals surface area contributed by atoms with Gasteiger partial charge in [-0.2, -0.15) is 0 Å². The number of esters is 1. The van der Waals surface area contributed by atoms with Crippen LogP contribution in [0, 0.1) is 5.92 Å². The Hall–Kier alpha value is -2.39. The van der Waals surface area contributed by atoms with E-state index in [0.29, 0.717) is 0 Å². The zero-order chi connectivity index (χ0) is 18.1. The molecule has 0 fully saturated rings. The summed E-state index contributed by atoms with van der Waals surface area (Å²) in [5, 5.41) is 3.50. The van der Waals surface area contributed by atoms with Gasteiger partial charge in [0.2, 0.25) is 0 Å². The first-order valence-electron chi connectivity index (χ1n) is 8.71. The minimum Gasteiger partial charge on any atom is -0.468 e. The fraction of sp³-hybridized carbons (Fsp3) is 0.318. The van der Waals surface area contributed by atoms with Gasteiger partial charge in [-0.3, -0.25) is 5.32 Å². The minimum absolute atomic E-state index is 0.127. The van der Waals surface area contributed by atoms with Gasteiger partial charge in [-0.1, -0.05) is 73.7 Å². The van der Waals surface area contributed by atoms with E-state index in [4.69, 9.17) is 4.74 Å². The fourth-order valence-electron chi connectivity index (χ4n) is 2.91. The van der Waals surface area contributed by atoms with E-state index < -0.39 is 6.04 Å². The van der Waals surface area contributed by atoms with Crippen LogP contribution in [0.15, 0.2) is 73.3 Å². The Bertz CT molecular complexity index is 654. The molecule has 3 heteroatoms. The summed E-state index contributed by atoms with van der Waals surface area (Å²) in [4.78, 5) is 12.3. The largest absolute Gasteiger partial charge is 0.468 e. The van der Waals surface area contributed by atoms with Crippen molar-refractivity contribution in [3.63, 3.8) is 0 Å². The molecule has 25 heavy (non-hydrogen) atoms. The summed E-state index contributed by atoms with van der Waals surface area (Å²) in [6, 6.07) is 19.7. The van der Waals surface area contributed by atoms with Gasteiger partial charge in [-0.05, 0) is 29.9 Å². The van der Waals surface area contributed by atoms with Crippen LogP contribution in [0.2, 0.25) is 0 Å². The van der Waals surface area contributed by atoms with Gasteiger partial charge >= 0.3 is 5.97 Å². The predicted molar refractivity (Wildman–Crippen MR) is 102 cm³/mol. The highest BCUT2D eigenvalue weighted by molar-refractivity contribution is 5.77. The third kappa shape index (κ3) is 5.57. The van der Waals surface area contributed by atoms with Crippen LogP contribution < -0.4 is 5.32 Å². The van der Waals surface area contributed by atoms with Crippen LogP contribution in [-0.2, 0) is 16.0 Å². The van der Waals surface area contributed by atoms with Crippen LogP contribution in [-0.4, -0.2) is 19.1 Å². The normalized spacial score (nSPS) is 14.3. The number of ether oxygens (including phenoxy) is 1. The summed E-state index contributed by atoms with van der Waals surface area (Å²) in [5.41, 5.74) is 2.20. The number of aryl methyl sites for hydroxylation is 1. The highest BCUT2D eigenvalue weighted by Crippen LogP contribution is 2.20. The summed E-state index contributed by atoms with van der Waals surface area (Å²) in [7, 11) is 1.43. The van der Waals surface area contributed by atoms with Crippen LogP contribution in [0.25, 0.3) is 0 Å². The van der Waals surface area contributed by atoms with Crippen molar-refractivity contribution >= 4 is 5.97 Å². The third-order valence-corrected chi connectivity index (χ3v) is 4.54. The third-order valence-electron chi connectivity index (χ3n) is 4.54. The number of rotatable bonds is 9. The van der Waals surface area contributed by atoms with Gasteiger partial charge in [0.05, 0.1) is 7.11 Å². The summed E-state index contributed by atoms with van der Waals surface area (Å²) in [6.45, 7) is 6.05. The maximum atomic E-state index is 12.3. The van der Waals surface area contributed by atoms with Crippen molar-refractivity contribution in [2.75, 3.05) is 7.11 Å². The Morgan fingerprint density at radius 2 is 1.72 bits per heavy atom. The predicted octanol–water partition coefficient (Wildman–Crippen LogP) is 4.31. The second-order valence-electron chi connectivity index (χ2n) is 6.26. The number of benzene rings is 2. The van der Waals surface area contributed by atoms with E-state index in [1.54, 1.807) is 0 Å². The van der Waals surface area contributed by atoms with E-state index in [2.05, 4.69) is 43.1 Å². The number of carbonyl (C=O) groups is 1. The zero-order valence-corrected chi connectivity index (χ0v) is 15.0. The number of methoxy groups -OCH3 is 1. The molecule has 0 aliphatic rings. The van der Waals surface area contributed by atoms with Crippen molar-refractivity contribution < 1.29 is 9.53 Å². The average Bonchev–Trinajstić information content (AvgIpc) is 2.68. The average molecular weight is 337 g/mol. The first-order chi connectivity index (χ1) is 12.2. The van der Waals surface area contributed by atoms with Crippen molar-refractivity contribution in [1.29, 1.82) is 0 Å². The molecular formula is C22H27NO2. The molecule has 0 aliphatic carbocycles. The van der Waals surface area contributed by atoms with Crippen molar-refractivity contribution in [2.24, 2.45) is 5.92 Å². The topological polar surface area (TPSA) is 38.3 Å². The molecule has 0 aliphatic heterocycles. The monoisotopic (exact) mass is 337 g/mol. The first kappa shape index (κ1) is 18.9. The highest BCUT2D eigenvalue weighted by atomic mass is 16.5. The Labute approximate surface area is 150 Å². The fourth-order valence-corrected chi connectivity index (χ4v) is 2.91. The molecule has 2 rings (SSSR count). The molecule has 0 saturated carbocycles. The van der Waals surface area contributed by atoms with E-state index in [9.17, 15) is 4.79 Å². The maximum absolute atomic E-state index is 12.3. The van der Waals surface area contributed by atoms with Gasteiger partial charge in [-0.25, -0.2) is 4.79 Å². The lowest BCUT2D eigenvalue weighted by Gasteiger charge is -2.28. The van der Waals surface area contributed by atoms with Gasteiger partial charge in [0.25, 0.3) is 0 Å². The highest BCUT2D eigenvalue weighted by Gasteiger charge is 2.26. The molecule has 0 saturated heterocycles. The number of hydrogen-bond acceptors (Lipinski definition) is 3. The number of hydrogen-bond donors (Lipinski definition) is 1. The van der Waals surface area contributed by atoms with Crippen LogP contribution in [0.1, 0.15) is 30.5 Å². The molecule has 0 unspecified atom stereocenters. The number of carbonyl (C=O) groups excluding carboxylic acids is 1. The van der Waals surface area contributed by atoms with Gasteiger partial charge in [-0.15, -0.1) is 6.58 Å².